The van der Waals surface area contributed by atoms with Crippen molar-refractivity contribution in [2.24, 2.45) is 5.73 Å². The summed E-state index contributed by atoms with van der Waals surface area (Å²) in [5.74, 6) is -0.781. The minimum Gasteiger partial charge on any atom is -0.497 e. The van der Waals surface area contributed by atoms with Crippen LogP contribution < -0.4 is 15.8 Å². The number of rotatable bonds is 8. The number of nitrogens with one attached hydrogen (secondary N) is 1. The van der Waals surface area contributed by atoms with Crippen molar-refractivity contribution in [1.82, 2.24) is 9.62 Å². The zero-order chi connectivity index (χ0) is 22.4. The summed E-state index contributed by atoms with van der Waals surface area (Å²) in [4.78, 5) is 25.1. The predicted octanol–water partition coefficient (Wildman–Crippen LogP) is 1.45. The van der Waals surface area contributed by atoms with Crippen molar-refractivity contribution in [2.45, 2.75) is 42.7 Å². The molecule has 0 aliphatic carbocycles. The molecule has 2 amide bonds. The number of piperidine rings is 1. The zero-order valence-corrected chi connectivity index (χ0v) is 18.2. The highest BCUT2D eigenvalue weighted by molar-refractivity contribution is 7.89. The van der Waals surface area contributed by atoms with Gasteiger partial charge in [0.15, 0.2) is 0 Å². The Kier molecular flexibility index (Phi) is 7.29. The van der Waals surface area contributed by atoms with E-state index in [9.17, 15) is 18.0 Å². The summed E-state index contributed by atoms with van der Waals surface area (Å²) in [6.07, 6.45) is 1.96. The fraction of sp³-hybridized carbons (Fsp3) is 0.364. The highest BCUT2D eigenvalue weighted by atomic mass is 32.2. The molecule has 2 aromatic rings. The van der Waals surface area contributed by atoms with E-state index in [1.165, 1.54) is 23.5 Å². The third-order valence-corrected chi connectivity index (χ3v) is 7.25. The van der Waals surface area contributed by atoms with Gasteiger partial charge >= 0.3 is 0 Å². The lowest BCUT2D eigenvalue weighted by Crippen LogP contribution is -2.56. The number of ether oxygens (including phenoxy) is 1. The first-order valence-electron chi connectivity index (χ1n) is 10.1. The van der Waals surface area contributed by atoms with Crippen molar-refractivity contribution in [3.05, 3.63) is 60.2 Å². The second-order valence-corrected chi connectivity index (χ2v) is 9.35. The number of carbonyl (C=O) groups excluding carboxylic acids is 2. The van der Waals surface area contributed by atoms with Crippen LogP contribution in [0.15, 0.2) is 59.5 Å². The first-order chi connectivity index (χ1) is 14.8. The Hall–Kier alpha value is -2.91. The van der Waals surface area contributed by atoms with Crippen molar-refractivity contribution in [3.8, 4) is 5.75 Å². The Labute approximate surface area is 182 Å². The number of hydrogen-bond acceptors (Lipinski definition) is 5. The fourth-order valence-corrected chi connectivity index (χ4v) is 5.38. The van der Waals surface area contributed by atoms with E-state index >= 15 is 0 Å². The number of methoxy groups -OCH3 is 1. The average molecular weight is 446 g/mol. The maximum absolute atomic E-state index is 13.3. The highest BCUT2D eigenvalue weighted by Gasteiger charge is 2.38. The Morgan fingerprint density at radius 1 is 1.16 bits per heavy atom. The van der Waals surface area contributed by atoms with Gasteiger partial charge in [0.1, 0.15) is 17.8 Å². The number of amides is 2. The summed E-state index contributed by atoms with van der Waals surface area (Å²) in [5.41, 5.74) is 6.35. The van der Waals surface area contributed by atoms with E-state index in [1.807, 2.05) is 30.3 Å². The van der Waals surface area contributed by atoms with E-state index in [0.29, 0.717) is 25.0 Å². The van der Waals surface area contributed by atoms with Crippen molar-refractivity contribution in [3.63, 3.8) is 0 Å². The van der Waals surface area contributed by atoms with E-state index in [0.717, 1.165) is 5.56 Å². The lowest BCUT2D eigenvalue weighted by atomic mass is 10.0. The molecule has 1 aliphatic heterocycles. The largest absolute Gasteiger partial charge is 0.497 e. The standard InChI is InChI=1S/C22H27N3O5S/c1-30-17-10-7-11-18(15-17)31(28,29)25-13-6-5-12-20(25)22(27)24-19(21(23)26)14-16-8-3-2-4-9-16/h2-4,7-11,15,19-20H,5-6,12-14H2,1H3,(H2,23,26)(H,24,27)/t19-,20-/m0/s1. The molecule has 8 nitrogen and oxygen atoms in total. The molecule has 166 valence electrons. The van der Waals surface area contributed by atoms with Gasteiger partial charge in [-0.25, -0.2) is 8.42 Å². The molecule has 1 aliphatic rings. The van der Waals surface area contributed by atoms with Gasteiger partial charge in [-0.3, -0.25) is 9.59 Å². The number of sulfonamides is 1. The molecule has 9 heteroatoms. The van der Waals surface area contributed by atoms with Gasteiger partial charge in [0, 0.05) is 19.0 Å². The molecule has 0 spiro atoms. The Balaban J connectivity index is 1.81. The van der Waals surface area contributed by atoms with E-state index in [2.05, 4.69) is 5.32 Å². The third kappa shape index (κ3) is 5.42. The molecule has 2 atom stereocenters. The zero-order valence-electron chi connectivity index (χ0n) is 17.4. The van der Waals surface area contributed by atoms with E-state index in [1.54, 1.807) is 12.1 Å². The van der Waals surface area contributed by atoms with Crippen LogP contribution in [0, 0.1) is 0 Å². The van der Waals surface area contributed by atoms with E-state index in [-0.39, 0.29) is 17.9 Å². The Morgan fingerprint density at radius 2 is 1.90 bits per heavy atom. The summed E-state index contributed by atoms with van der Waals surface area (Å²) in [6, 6.07) is 13.5. The van der Waals surface area contributed by atoms with Crippen LogP contribution in [-0.4, -0.2) is 50.3 Å². The number of hydrogen-bond donors (Lipinski definition) is 2. The lowest BCUT2D eigenvalue weighted by molar-refractivity contribution is -0.130. The SMILES string of the molecule is COc1cccc(S(=O)(=O)N2CCCC[C@H]2C(=O)N[C@@H](Cc2ccccc2)C(N)=O)c1. The second-order valence-electron chi connectivity index (χ2n) is 7.46. The molecule has 0 bridgehead atoms. The molecule has 0 radical (unpaired) electrons. The molecule has 1 heterocycles. The van der Waals surface area contributed by atoms with Gasteiger partial charge in [-0.1, -0.05) is 42.8 Å². The van der Waals surface area contributed by atoms with E-state index in [4.69, 9.17) is 10.5 Å². The van der Waals surface area contributed by atoms with Crippen LogP contribution in [0.5, 0.6) is 5.75 Å². The molecular formula is C22H27N3O5S. The molecule has 1 fully saturated rings. The van der Waals surface area contributed by atoms with Crippen LogP contribution >= 0.6 is 0 Å². The highest BCUT2D eigenvalue weighted by Crippen LogP contribution is 2.27. The van der Waals surface area contributed by atoms with Gasteiger partial charge < -0.3 is 15.8 Å². The fourth-order valence-electron chi connectivity index (χ4n) is 3.69. The van der Waals surface area contributed by atoms with Crippen LogP contribution in [0.1, 0.15) is 24.8 Å². The molecule has 31 heavy (non-hydrogen) atoms. The number of nitrogens with zero attached hydrogens (tertiary/aromatic N) is 1. The van der Waals surface area contributed by atoms with Crippen LogP contribution in [-0.2, 0) is 26.0 Å². The molecule has 0 aromatic heterocycles. The Bertz CT molecular complexity index is 1030. The van der Waals surface area contributed by atoms with Crippen LogP contribution in [0.4, 0.5) is 0 Å². The second kappa shape index (κ2) is 9.93. The van der Waals surface area contributed by atoms with Gasteiger partial charge in [0.2, 0.25) is 21.8 Å². The summed E-state index contributed by atoms with van der Waals surface area (Å²) in [6.45, 7) is 0.220. The minimum absolute atomic E-state index is 0.0577. The van der Waals surface area contributed by atoms with Crippen molar-refractivity contribution < 1.29 is 22.7 Å². The minimum atomic E-state index is -3.93. The van der Waals surface area contributed by atoms with Gasteiger partial charge in [0.25, 0.3) is 0 Å². The topological polar surface area (TPSA) is 119 Å². The van der Waals surface area contributed by atoms with Crippen molar-refractivity contribution >= 4 is 21.8 Å². The maximum Gasteiger partial charge on any atom is 0.243 e. The number of benzene rings is 2. The lowest BCUT2D eigenvalue weighted by Gasteiger charge is -2.34. The van der Waals surface area contributed by atoms with Gasteiger partial charge in [-0.15, -0.1) is 0 Å². The van der Waals surface area contributed by atoms with Crippen LogP contribution in [0.25, 0.3) is 0 Å². The molecule has 3 rings (SSSR count). The number of carbonyl (C=O) groups is 2. The van der Waals surface area contributed by atoms with Crippen LogP contribution in [0.3, 0.4) is 0 Å². The molecule has 2 aromatic carbocycles. The van der Waals surface area contributed by atoms with Gasteiger partial charge in [-0.2, -0.15) is 4.31 Å². The molecule has 0 saturated carbocycles. The number of primary amides is 1. The Morgan fingerprint density at radius 3 is 2.58 bits per heavy atom. The summed E-state index contributed by atoms with van der Waals surface area (Å²) < 4.78 is 32.9. The molecule has 0 unspecified atom stereocenters. The van der Waals surface area contributed by atoms with Crippen molar-refractivity contribution in [2.75, 3.05) is 13.7 Å². The van der Waals surface area contributed by atoms with Gasteiger partial charge in [0.05, 0.1) is 12.0 Å². The summed E-state index contributed by atoms with van der Waals surface area (Å²) in [5, 5.41) is 2.67. The van der Waals surface area contributed by atoms with Crippen molar-refractivity contribution in [1.29, 1.82) is 0 Å². The first-order valence-corrected chi connectivity index (χ1v) is 11.6. The summed E-state index contributed by atoms with van der Waals surface area (Å²) in [7, 11) is -2.47. The number of nitrogens with two attached hydrogens (primary N) is 1. The molecule has 1 saturated heterocycles. The van der Waals surface area contributed by atoms with E-state index < -0.39 is 33.9 Å². The quantitative estimate of drug-likeness (QED) is 0.638. The van der Waals surface area contributed by atoms with Crippen LogP contribution in [0.2, 0.25) is 0 Å². The predicted molar refractivity (Wildman–Crippen MR) is 116 cm³/mol. The third-order valence-electron chi connectivity index (χ3n) is 5.35. The smallest absolute Gasteiger partial charge is 0.243 e. The first kappa shape index (κ1) is 22.8. The normalized spacial score (nSPS) is 18.2. The molecule has 3 N–H and O–H groups in total. The van der Waals surface area contributed by atoms with Gasteiger partial charge in [-0.05, 0) is 30.5 Å². The monoisotopic (exact) mass is 445 g/mol. The maximum atomic E-state index is 13.3. The average Bonchev–Trinajstić information content (AvgIpc) is 2.79. The molecular weight excluding hydrogens is 418 g/mol. The summed E-state index contributed by atoms with van der Waals surface area (Å²) >= 11 is 0.